The van der Waals surface area contributed by atoms with Gasteiger partial charge in [-0.15, -0.1) is 11.6 Å². The van der Waals surface area contributed by atoms with Crippen LogP contribution in [0.5, 0.6) is 0 Å². The van der Waals surface area contributed by atoms with Crippen molar-refractivity contribution in [3.8, 4) is 0 Å². The molecule has 4 aliphatic rings. The molecule has 11 heteroatoms. The van der Waals surface area contributed by atoms with E-state index in [0.29, 0.717) is 25.0 Å². The summed E-state index contributed by atoms with van der Waals surface area (Å²) in [5, 5.41) is 11.3. The van der Waals surface area contributed by atoms with Crippen LogP contribution in [0, 0.1) is 11.8 Å². The zero-order valence-corrected chi connectivity index (χ0v) is 22.5. The molecule has 206 valence electrons. The van der Waals surface area contributed by atoms with Crippen LogP contribution in [0.4, 0.5) is 0 Å². The van der Waals surface area contributed by atoms with Crippen molar-refractivity contribution in [2.45, 2.75) is 95.8 Å². The summed E-state index contributed by atoms with van der Waals surface area (Å²) in [4.78, 5) is 36.2. The molecule has 37 heavy (non-hydrogen) atoms. The van der Waals surface area contributed by atoms with E-state index in [4.69, 9.17) is 40.0 Å². The highest BCUT2D eigenvalue weighted by Crippen LogP contribution is 2.56. The van der Waals surface area contributed by atoms with Crippen molar-refractivity contribution in [3.63, 3.8) is 0 Å². The summed E-state index contributed by atoms with van der Waals surface area (Å²) >= 11 is 6.21. The van der Waals surface area contributed by atoms with E-state index in [1.807, 2.05) is 13.8 Å². The number of hydrogen-bond donors (Lipinski definition) is 1. The summed E-state index contributed by atoms with van der Waals surface area (Å²) in [5.74, 6) is -2.59. The molecule has 3 aliphatic heterocycles. The van der Waals surface area contributed by atoms with Crippen LogP contribution in [-0.4, -0.2) is 77.4 Å². The van der Waals surface area contributed by atoms with Crippen molar-refractivity contribution >= 4 is 29.5 Å². The zero-order chi connectivity index (χ0) is 27.1. The average Bonchev–Trinajstić information content (AvgIpc) is 3.72. The van der Waals surface area contributed by atoms with Crippen LogP contribution in [0.2, 0.25) is 0 Å². The molecule has 9 unspecified atom stereocenters. The van der Waals surface area contributed by atoms with E-state index in [1.54, 1.807) is 6.08 Å². The molecule has 10 nitrogen and oxygen atoms in total. The summed E-state index contributed by atoms with van der Waals surface area (Å²) in [6, 6.07) is 0. The third-order valence-electron chi connectivity index (χ3n) is 7.40. The monoisotopic (exact) mass is 542 g/mol. The van der Waals surface area contributed by atoms with Crippen LogP contribution >= 0.6 is 11.6 Å². The van der Waals surface area contributed by atoms with Gasteiger partial charge in [-0.1, -0.05) is 5.57 Å². The molecule has 2 saturated heterocycles. The molecule has 0 aromatic rings. The molecule has 9 atom stereocenters. The topological polar surface area (TPSA) is 133 Å². The van der Waals surface area contributed by atoms with Crippen LogP contribution in [-0.2, 0) is 42.8 Å². The molecule has 1 aliphatic carbocycles. The number of aliphatic hydroxyl groups is 1. The van der Waals surface area contributed by atoms with Gasteiger partial charge in [0.2, 0.25) is 6.29 Å². The molecule has 0 radical (unpaired) electrons. The van der Waals surface area contributed by atoms with E-state index in [1.165, 1.54) is 27.0 Å². The van der Waals surface area contributed by atoms with Gasteiger partial charge in [-0.2, -0.15) is 0 Å². The second-order valence-corrected chi connectivity index (χ2v) is 10.9. The van der Waals surface area contributed by atoms with Crippen molar-refractivity contribution < 1.29 is 47.9 Å². The van der Waals surface area contributed by atoms with E-state index >= 15 is 0 Å². The van der Waals surface area contributed by atoms with Gasteiger partial charge in [0.1, 0.15) is 17.3 Å². The Morgan fingerprint density at radius 2 is 1.84 bits per heavy atom. The van der Waals surface area contributed by atoms with Crippen molar-refractivity contribution in [1.82, 2.24) is 0 Å². The fraction of sp³-hybridized carbons (Fsp3) is 0.731. The average molecular weight is 543 g/mol. The number of fused-ring (bicyclic) bond motifs is 3. The maximum atomic E-state index is 12.2. The lowest BCUT2D eigenvalue weighted by Crippen LogP contribution is -2.50. The Morgan fingerprint density at radius 1 is 1.16 bits per heavy atom. The second-order valence-electron chi connectivity index (χ2n) is 10.6. The van der Waals surface area contributed by atoms with Gasteiger partial charge >= 0.3 is 17.9 Å². The predicted molar refractivity (Wildman–Crippen MR) is 129 cm³/mol. The van der Waals surface area contributed by atoms with Gasteiger partial charge in [-0.05, 0) is 38.7 Å². The molecule has 3 fully saturated rings. The lowest BCUT2D eigenvalue weighted by atomic mass is 9.70. The van der Waals surface area contributed by atoms with Crippen molar-refractivity contribution in [2.75, 3.05) is 12.5 Å². The highest BCUT2D eigenvalue weighted by Gasteiger charge is 2.67. The van der Waals surface area contributed by atoms with Gasteiger partial charge in [0, 0.05) is 32.8 Å². The fourth-order valence-electron chi connectivity index (χ4n) is 5.77. The molecular formula is C26H35ClO10. The van der Waals surface area contributed by atoms with E-state index in [9.17, 15) is 19.5 Å². The highest BCUT2D eigenvalue weighted by molar-refractivity contribution is 6.18. The van der Waals surface area contributed by atoms with Crippen molar-refractivity contribution in [2.24, 2.45) is 11.8 Å². The molecule has 0 aromatic carbocycles. The van der Waals surface area contributed by atoms with Gasteiger partial charge in [0.05, 0.1) is 30.8 Å². The van der Waals surface area contributed by atoms with Crippen molar-refractivity contribution in [3.05, 3.63) is 23.5 Å². The highest BCUT2D eigenvalue weighted by atomic mass is 35.5. The van der Waals surface area contributed by atoms with Crippen LogP contribution in [0.25, 0.3) is 0 Å². The number of allylic oxidation sites excluding steroid dienone is 1. The fourth-order valence-corrected chi connectivity index (χ4v) is 6.05. The molecule has 3 heterocycles. The molecule has 0 bridgehead atoms. The first-order chi connectivity index (χ1) is 17.4. The maximum Gasteiger partial charge on any atom is 0.305 e. The summed E-state index contributed by atoms with van der Waals surface area (Å²) in [6.45, 7) is 7.91. The molecule has 1 saturated carbocycles. The standard InChI is InChI=1S/C26H35ClO10/c1-13(2)8-19(34-14(3)28)22(35-15(4)29)18-10-32-24(36-16(5)30)21-17(18)6-7-25(31,11-27)23-20(37-23)9-26(21)12-33-26/h8,10,17,19-24,31H,6-7,9,11-12H2,1-5H3. The van der Waals surface area contributed by atoms with Crippen LogP contribution in [0.15, 0.2) is 23.5 Å². The molecule has 0 amide bonds. The van der Waals surface area contributed by atoms with Crippen molar-refractivity contribution in [1.29, 1.82) is 0 Å². The van der Waals surface area contributed by atoms with Gasteiger partial charge in [0.25, 0.3) is 0 Å². The smallest absolute Gasteiger partial charge is 0.305 e. The van der Waals surface area contributed by atoms with Gasteiger partial charge in [0.15, 0.2) is 12.2 Å². The molecule has 1 N–H and O–H groups in total. The number of carbonyl (C=O) groups is 3. The minimum absolute atomic E-state index is 0.0243. The quantitative estimate of drug-likeness (QED) is 0.168. The van der Waals surface area contributed by atoms with E-state index < -0.39 is 65.5 Å². The third kappa shape index (κ3) is 5.97. The molecule has 1 spiro atoms. The Hall–Kier alpha value is -2.14. The minimum Gasteiger partial charge on any atom is -0.462 e. The van der Waals surface area contributed by atoms with Gasteiger partial charge in [-0.3, -0.25) is 14.4 Å². The Labute approximate surface area is 221 Å². The number of halogens is 1. The van der Waals surface area contributed by atoms with E-state index in [0.717, 1.165) is 5.57 Å². The maximum absolute atomic E-state index is 12.2. The minimum atomic E-state index is -1.27. The summed E-state index contributed by atoms with van der Waals surface area (Å²) in [6.07, 6.45) is 0.602. The number of epoxide rings is 2. The Kier molecular flexibility index (Phi) is 7.95. The van der Waals surface area contributed by atoms with Crippen LogP contribution in [0.1, 0.15) is 53.9 Å². The molecule has 4 rings (SSSR count). The second kappa shape index (κ2) is 10.6. The number of rotatable bonds is 7. The molecular weight excluding hydrogens is 508 g/mol. The number of carbonyl (C=O) groups excluding carboxylic acids is 3. The lowest BCUT2D eigenvalue weighted by molar-refractivity contribution is -0.195. The first kappa shape index (κ1) is 27.9. The number of alkyl halides is 1. The van der Waals surface area contributed by atoms with E-state index in [-0.39, 0.29) is 18.4 Å². The Morgan fingerprint density at radius 3 is 2.38 bits per heavy atom. The largest absolute Gasteiger partial charge is 0.462 e. The summed E-state index contributed by atoms with van der Waals surface area (Å²) in [5.41, 5.74) is -0.630. The first-order valence-corrected chi connectivity index (χ1v) is 13.0. The first-order valence-electron chi connectivity index (χ1n) is 12.5. The number of ether oxygens (including phenoxy) is 6. The lowest BCUT2D eigenvalue weighted by Gasteiger charge is -2.43. The Bertz CT molecular complexity index is 984. The SMILES string of the molecule is CC(=O)OC(C=C(C)C)C(OC(C)=O)C1=COC(OC(C)=O)C2C1CCC(O)(CCl)C1OC1CC21CO1. The Balaban J connectivity index is 1.80. The van der Waals surface area contributed by atoms with E-state index in [2.05, 4.69) is 0 Å². The third-order valence-corrected chi connectivity index (χ3v) is 7.86. The number of esters is 3. The summed E-state index contributed by atoms with van der Waals surface area (Å²) in [7, 11) is 0. The van der Waals surface area contributed by atoms with Gasteiger partial charge in [-0.25, -0.2) is 0 Å². The normalized spacial score (nSPS) is 37.5. The predicted octanol–water partition coefficient (Wildman–Crippen LogP) is 2.54. The van der Waals surface area contributed by atoms with Crippen LogP contribution < -0.4 is 0 Å². The number of hydrogen-bond acceptors (Lipinski definition) is 10. The molecule has 0 aromatic heterocycles. The van der Waals surface area contributed by atoms with Crippen LogP contribution in [0.3, 0.4) is 0 Å². The summed E-state index contributed by atoms with van der Waals surface area (Å²) < 4.78 is 34.7. The van der Waals surface area contributed by atoms with Gasteiger partial charge < -0.3 is 33.5 Å². The zero-order valence-electron chi connectivity index (χ0n) is 21.7.